The lowest BCUT2D eigenvalue weighted by Gasteiger charge is -2.31. The van der Waals surface area contributed by atoms with Gasteiger partial charge >= 0.3 is 6.18 Å². The van der Waals surface area contributed by atoms with Gasteiger partial charge in [-0.2, -0.15) is 23.4 Å². The van der Waals surface area contributed by atoms with Crippen LogP contribution >= 0.6 is 11.3 Å². The predicted molar refractivity (Wildman–Crippen MR) is 108 cm³/mol. The first-order valence-corrected chi connectivity index (χ1v) is 10.0. The molecule has 0 spiro atoms. The molecule has 1 aromatic carbocycles. The summed E-state index contributed by atoms with van der Waals surface area (Å²) in [5.74, 6) is -0.359. The van der Waals surface area contributed by atoms with Crippen molar-refractivity contribution >= 4 is 33.1 Å². The molecule has 0 fully saturated rings. The van der Waals surface area contributed by atoms with Crippen molar-refractivity contribution in [1.29, 1.82) is 0 Å². The Morgan fingerprint density at radius 2 is 1.93 bits per heavy atom. The molecule has 154 valence electrons. The zero-order chi connectivity index (χ0) is 21.2. The van der Waals surface area contributed by atoms with E-state index in [2.05, 4.69) is 10.2 Å². The number of halogens is 3. The maximum absolute atomic E-state index is 13.3. The third-order valence-electron chi connectivity index (χ3n) is 5.30. The number of aryl methyl sites for hydroxylation is 1. The highest BCUT2D eigenvalue weighted by atomic mass is 32.1. The molecule has 0 saturated heterocycles. The van der Waals surface area contributed by atoms with E-state index in [1.165, 1.54) is 11.0 Å². The highest BCUT2D eigenvalue weighted by Gasteiger charge is 2.37. The summed E-state index contributed by atoms with van der Waals surface area (Å²) >= 11 is 0.575. The first-order chi connectivity index (χ1) is 14.2. The molecule has 6 nitrogen and oxygen atoms in total. The normalized spacial score (nSPS) is 17.0. The number of benzene rings is 1. The van der Waals surface area contributed by atoms with Gasteiger partial charge in [-0.25, -0.2) is 0 Å². The van der Waals surface area contributed by atoms with Crippen LogP contribution in [0.1, 0.15) is 28.3 Å². The van der Waals surface area contributed by atoms with E-state index in [-0.39, 0.29) is 23.5 Å². The van der Waals surface area contributed by atoms with Crippen molar-refractivity contribution in [2.24, 2.45) is 7.05 Å². The molecule has 1 aliphatic rings. The Bertz CT molecular complexity index is 1290. The van der Waals surface area contributed by atoms with Gasteiger partial charge in [-0.15, -0.1) is 11.3 Å². The number of anilines is 1. The fourth-order valence-corrected chi connectivity index (χ4v) is 4.70. The Labute approximate surface area is 173 Å². The van der Waals surface area contributed by atoms with Gasteiger partial charge in [0.25, 0.3) is 5.91 Å². The molecule has 1 aliphatic heterocycles. The maximum atomic E-state index is 13.3. The van der Waals surface area contributed by atoms with Crippen LogP contribution in [0.15, 0.2) is 42.7 Å². The Hall–Kier alpha value is -3.14. The molecule has 0 saturated carbocycles. The summed E-state index contributed by atoms with van der Waals surface area (Å²) in [6, 6.07) is 7.94. The van der Waals surface area contributed by atoms with E-state index in [1.807, 2.05) is 32.2 Å². The van der Waals surface area contributed by atoms with Crippen LogP contribution in [-0.4, -0.2) is 32.0 Å². The minimum absolute atomic E-state index is 0.176. The van der Waals surface area contributed by atoms with Gasteiger partial charge in [-0.1, -0.05) is 6.07 Å². The standard InChI is InChI=1S/C20H16F3N5OS/c1-11-10-27(17-6-5-16(30-17)20(21,22)23)19(29)18-14(9-25-28(11)18)12-3-4-15-13(7-12)8-24-26(15)2/h3-9,11H,10H2,1-2H3/t11-/m0/s1. The Balaban J connectivity index is 1.58. The van der Waals surface area contributed by atoms with Gasteiger partial charge in [0.15, 0.2) is 0 Å². The fraction of sp³-hybridized carbons (Fsp3) is 0.250. The molecule has 1 amide bonds. The topological polar surface area (TPSA) is 56.0 Å². The van der Waals surface area contributed by atoms with Gasteiger partial charge in [0.05, 0.1) is 29.0 Å². The van der Waals surface area contributed by atoms with Crippen LogP contribution in [0.2, 0.25) is 0 Å². The number of rotatable bonds is 2. The van der Waals surface area contributed by atoms with Crippen molar-refractivity contribution in [2.45, 2.75) is 19.1 Å². The van der Waals surface area contributed by atoms with E-state index in [0.717, 1.165) is 22.5 Å². The first-order valence-electron chi connectivity index (χ1n) is 9.22. The van der Waals surface area contributed by atoms with Crippen molar-refractivity contribution in [1.82, 2.24) is 19.6 Å². The van der Waals surface area contributed by atoms with Gasteiger partial charge in [-0.3, -0.25) is 19.1 Å². The predicted octanol–water partition coefficient (Wildman–Crippen LogP) is 4.74. The highest BCUT2D eigenvalue weighted by Crippen LogP contribution is 2.40. The Kier molecular flexibility index (Phi) is 4.04. The molecule has 0 unspecified atom stereocenters. The van der Waals surface area contributed by atoms with Crippen LogP contribution in [0.25, 0.3) is 22.0 Å². The summed E-state index contributed by atoms with van der Waals surface area (Å²) in [6.45, 7) is 2.15. The zero-order valence-electron chi connectivity index (χ0n) is 16.0. The SMILES string of the molecule is C[C@H]1CN(c2ccc(C(F)(F)F)s2)C(=O)c2c(-c3ccc4c(cnn4C)c3)cnn21. The number of thiophene rings is 1. The molecule has 0 radical (unpaired) electrons. The van der Waals surface area contributed by atoms with Crippen LogP contribution in [0.3, 0.4) is 0 Å². The molecule has 4 aromatic rings. The van der Waals surface area contributed by atoms with Crippen LogP contribution in [0.4, 0.5) is 18.2 Å². The molecule has 5 rings (SSSR count). The maximum Gasteiger partial charge on any atom is 0.425 e. The Morgan fingerprint density at radius 1 is 1.13 bits per heavy atom. The highest BCUT2D eigenvalue weighted by molar-refractivity contribution is 7.16. The van der Waals surface area contributed by atoms with E-state index >= 15 is 0 Å². The second-order valence-electron chi connectivity index (χ2n) is 7.29. The second-order valence-corrected chi connectivity index (χ2v) is 8.36. The number of hydrogen-bond acceptors (Lipinski definition) is 4. The number of hydrogen-bond donors (Lipinski definition) is 0. The van der Waals surface area contributed by atoms with E-state index in [0.29, 0.717) is 22.6 Å². The van der Waals surface area contributed by atoms with Crippen molar-refractivity contribution in [3.63, 3.8) is 0 Å². The monoisotopic (exact) mass is 431 g/mol. The quantitative estimate of drug-likeness (QED) is 0.461. The number of amides is 1. The van der Waals surface area contributed by atoms with E-state index in [9.17, 15) is 18.0 Å². The lowest BCUT2D eigenvalue weighted by Crippen LogP contribution is -2.42. The van der Waals surface area contributed by atoms with Crippen molar-refractivity contribution < 1.29 is 18.0 Å². The third kappa shape index (κ3) is 2.82. The number of carbonyl (C=O) groups is 1. The number of fused-ring (bicyclic) bond motifs is 2. The van der Waals surface area contributed by atoms with Crippen molar-refractivity contribution in [2.75, 3.05) is 11.4 Å². The first kappa shape index (κ1) is 18.9. The van der Waals surface area contributed by atoms with Crippen LogP contribution in [0, 0.1) is 0 Å². The molecule has 0 bridgehead atoms. The lowest BCUT2D eigenvalue weighted by atomic mass is 10.0. The summed E-state index contributed by atoms with van der Waals surface area (Å²) in [4.78, 5) is 14.0. The number of nitrogens with zero attached hydrogens (tertiary/aromatic N) is 5. The van der Waals surface area contributed by atoms with Crippen molar-refractivity contribution in [3.05, 3.63) is 53.3 Å². The molecular formula is C20H16F3N5OS. The van der Waals surface area contributed by atoms with Crippen LogP contribution in [-0.2, 0) is 13.2 Å². The fourth-order valence-electron chi connectivity index (χ4n) is 3.82. The zero-order valence-corrected chi connectivity index (χ0v) is 16.8. The second kappa shape index (κ2) is 6.43. The van der Waals surface area contributed by atoms with E-state index < -0.39 is 11.1 Å². The average molecular weight is 431 g/mol. The summed E-state index contributed by atoms with van der Waals surface area (Å²) in [5.41, 5.74) is 2.79. The minimum atomic E-state index is -4.43. The van der Waals surface area contributed by atoms with E-state index in [1.54, 1.807) is 21.8 Å². The lowest BCUT2D eigenvalue weighted by molar-refractivity contribution is -0.134. The summed E-state index contributed by atoms with van der Waals surface area (Å²) in [5, 5.41) is 9.84. The van der Waals surface area contributed by atoms with Crippen LogP contribution in [0.5, 0.6) is 0 Å². The van der Waals surface area contributed by atoms with Gasteiger partial charge in [-0.05, 0) is 36.8 Å². The summed E-state index contributed by atoms with van der Waals surface area (Å²) in [6.07, 6.45) is -1.05. The largest absolute Gasteiger partial charge is 0.425 e. The smallest absolute Gasteiger partial charge is 0.296 e. The number of carbonyl (C=O) groups excluding carboxylic acids is 1. The minimum Gasteiger partial charge on any atom is -0.296 e. The molecular weight excluding hydrogens is 415 g/mol. The Morgan fingerprint density at radius 3 is 2.67 bits per heavy atom. The summed E-state index contributed by atoms with van der Waals surface area (Å²) in [7, 11) is 1.85. The van der Waals surface area contributed by atoms with Crippen LogP contribution < -0.4 is 4.90 Å². The van der Waals surface area contributed by atoms with Gasteiger partial charge in [0.2, 0.25) is 0 Å². The molecule has 4 heterocycles. The number of aromatic nitrogens is 4. The third-order valence-corrected chi connectivity index (χ3v) is 6.45. The van der Waals surface area contributed by atoms with Gasteiger partial charge in [0.1, 0.15) is 10.6 Å². The molecule has 30 heavy (non-hydrogen) atoms. The van der Waals surface area contributed by atoms with E-state index in [4.69, 9.17) is 0 Å². The summed E-state index contributed by atoms with van der Waals surface area (Å²) < 4.78 is 42.5. The molecule has 3 aromatic heterocycles. The molecule has 10 heteroatoms. The molecule has 0 N–H and O–H groups in total. The van der Waals surface area contributed by atoms with Gasteiger partial charge < -0.3 is 0 Å². The number of alkyl halides is 3. The van der Waals surface area contributed by atoms with Gasteiger partial charge in [0, 0.05) is 24.5 Å². The average Bonchev–Trinajstić information content (AvgIpc) is 3.42. The van der Waals surface area contributed by atoms with Crippen molar-refractivity contribution in [3.8, 4) is 11.1 Å². The molecule has 1 atom stereocenters. The molecule has 0 aliphatic carbocycles.